The molecule has 0 unspecified atom stereocenters. The van der Waals surface area contributed by atoms with E-state index < -0.39 is 0 Å². The Morgan fingerprint density at radius 3 is 2.96 bits per heavy atom. The molecule has 0 aliphatic carbocycles. The first-order chi connectivity index (χ1) is 12.2. The first-order valence-corrected chi connectivity index (χ1v) is 8.71. The molecule has 1 aliphatic rings. The fraction of sp³-hybridized carbons (Fsp3) is 0.500. The summed E-state index contributed by atoms with van der Waals surface area (Å²) in [5, 5.41) is 14.4. The van der Waals surface area contributed by atoms with Crippen LogP contribution in [-0.4, -0.2) is 47.6 Å². The number of carbonyl (C=O) groups is 1. The van der Waals surface area contributed by atoms with E-state index in [4.69, 9.17) is 4.74 Å². The first kappa shape index (κ1) is 17.4. The van der Waals surface area contributed by atoms with Gasteiger partial charge in [0.05, 0.1) is 19.3 Å². The number of nitrogens with zero attached hydrogens (tertiary/aromatic N) is 3. The Balaban J connectivity index is 1.52. The Labute approximate surface area is 147 Å². The Bertz CT molecular complexity index is 722. The molecule has 0 atom stereocenters. The molecule has 0 saturated carbocycles. The quantitative estimate of drug-likeness (QED) is 0.831. The molecule has 2 heterocycles. The molecule has 7 heteroatoms. The fourth-order valence-corrected chi connectivity index (χ4v) is 3.06. The second-order valence-corrected chi connectivity index (χ2v) is 6.37. The molecule has 25 heavy (non-hydrogen) atoms. The van der Waals surface area contributed by atoms with Crippen LogP contribution in [0.2, 0.25) is 0 Å². The monoisotopic (exact) mass is 343 g/mol. The summed E-state index contributed by atoms with van der Waals surface area (Å²) in [7, 11) is 1.67. The number of methoxy groups -OCH3 is 1. The minimum atomic E-state index is -0.181. The van der Waals surface area contributed by atoms with Crippen LogP contribution < -0.4 is 15.4 Å². The Hall–Kier alpha value is -2.41. The summed E-state index contributed by atoms with van der Waals surface area (Å²) in [5.41, 5.74) is 2.60. The zero-order chi connectivity index (χ0) is 17.6. The normalized spacial score (nSPS) is 15.1. The summed E-state index contributed by atoms with van der Waals surface area (Å²) < 4.78 is 7.15. The van der Waals surface area contributed by atoms with Crippen molar-refractivity contribution in [3.8, 4) is 5.75 Å². The third kappa shape index (κ3) is 4.36. The number of nitrogens with one attached hydrogen (secondary N) is 2. The van der Waals surface area contributed by atoms with Gasteiger partial charge in [-0.15, -0.1) is 5.10 Å². The molecular weight excluding hydrogens is 318 g/mol. The van der Waals surface area contributed by atoms with Crippen molar-refractivity contribution in [2.24, 2.45) is 0 Å². The Morgan fingerprint density at radius 1 is 1.40 bits per heavy atom. The standard InChI is InChI=1S/C18H25N5O2/c1-13-3-4-14(11-17(13)25-2)5-10-20-18(24)16-12-23(22-21-16)15-6-8-19-9-7-15/h3-4,11-12,15,19H,5-10H2,1-2H3,(H,20,24). The third-order valence-corrected chi connectivity index (χ3v) is 4.60. The van der Waals surface area contributed by atoms with E-state index in [2.05, 4.69) is 27.0 Å². The van der Waals surface area contributed by atoms with Gasteiger partial charge in [-0.2, -0.15) is 0 Å². The average molecular weight is 343 g/mol. The summed E-state index contributed by atoms with van der Waals surface area (Å²) in [5.74, 6) is 0.688. The molecule has 0 bridgehead atoms. The van der Waals surface area contributed by atoms with Gasteiger partial charge in [0.15, 0.2) is 5.69 Å². The first-order valence-electron chi connectivity index (χ1n) is 8.71. The van der Waals surface area contributed by atoms with Gasteiger partial charge in [-0.25, -0.2) is 4.68 Å². The maximum atomic E-state index is 12.2. The van der Waals surface area contributed by atoms with Gasteiger partial charge in [0, 0.05) is 6.54 Å². The summed E-state index contributed by atoms with van der Waals surface area (Å²) in [6.07, 6.45) is 4.52. The van der Waals surface area contributed by atoms with Crippen LogP contribution in [-0.2, 0) is 6.42 Å². The van der Waals surface area contributed by atoms with Gasteiger partial charge in [0.1, 0.15) is 5.75 Å². The molecule has 7 nitrogen and oxygen atoms in total. The lowest BCUT2D eigenvalue weighted by Crippen LogP contribution is -2.29. The molecule has 1 fully saturated rings. The smallest absolute Gasteiger partial charge is 0.273 e. The van der Waals surface area contributed by atoms with E-state index in [1.807, 2.05) is 23.7 Å². The maximum absolute atomic E-state index is 12.2. The predicted octanol–water partition coefficient (Wildman–Crippen LogP) is 1.49. The predicted molar refractivity (Wildman–Crippen MR) is 94.9 cm³/mol. The molecule has 0 radical (unpaired) electrons. The highest BCUT2D eigenvalue weighted by molar-refractivity contribution is 5.91. The van der Waals surface area contributed by atoms with E-state index in [1.54, 1.807) is 13.3 Å². The van der Waals surface area contributed by atoms with Crippen molar-refractivity contribution in [1.29, 1.82) is 0 Å². The highest BCUT2D eigenvalue weighted by Gasteiger charge is 2.18. The van der Waals surface area contributed by atoms with Crippen LogP contribution in [0.15, 0.2) is 24.4 Å². The lowest BCUT2D eigenvalue weighted by Gasteiger charge is -2.22. The number of ether oxygens (including phenoxy) is 1. The van der Waals surface area contributed by atoms with Gasteiger partial charge in [-0.05, 0) is 56.5 Å². The highest BCUT2D eigenvalue weighted by atomic mass is 16.5. The van der Waals surface area contributed by atoms with Crippen molar-refractivity contribution in [2.75, 3.05) is 26.7 Å². The number of amides is 1. The van der Waals surface area contributed by atoms with Crippen LogP contribution >= 0.6 is 0 Å². The molecular formula is C18H25N5O2. The summed E-state index contributed by atoms with van der Waals surface area (Å²) in [6, 6.07) is 6.42. The van der Waals surface area contributed by atoms with E-state index in [1.165, 1.54) is 0 Å². The molecule has 134 valence electrons. The Kier molecular flexibility index (Phi) is 5.65. The van der Waals surface area contributed by atoms with E-state index in [-0.39, 0.29) is 5.91 Å². The van der Waals surface area contributed by atoms with Crippen molar-refractivity contribution in [1.82, 2.24) is 25.6 Å². The number of aromatic nitrogens is 3. The minimum absolute atomic E-state index is 0.181. The summed E-state index contributed by atoms with van der Waals surface area (Å²) in [4.78, 5) is 12.2. The number of benzene rings is 1. The van der Waals surface area contributed by atoms with Crippen LogP contribution in [0.1, 0.15) is 40.5 Å². The van der Waals surface area contributed by atoms with Crippen molar-refractivity contribution in [2.45, 2.75) is 32.2 Å². The minimum Gasteiger partial charge on any atom is -0.496 e. The van der Waals surface area contributed by atoms with Crippen LogP contribution in [0.3, 0.4) is 0 Å². The van der Waals surface area contributed by atoms with Crippen LogP contribution in [0.4, 0.5) is 0 Å². The van der Waals surface area contributed by atoms with Crippen molar-refractivity contribution in [3.05, 3.63) is 41.2 Å². The van der Waals surface area contributed by atoms with Gasteiger partial charge in [0.25, 0.3) is 5.91 Å². The van der Waals surface area contributed by atoms with Crippen molar-refractivity contribution >= 4 is 5.91 Å². The second-order valence-electron chi connectivity index (χ2n) is 6.37. The van der Waals surface area contributed by atoms with Crippen LogP contribution in [0.25, 0.3) is 0 Å². The number of aryl methyl sites for hydroxylation is 1. The molecule has 1 saturated heterocycles. The molecule has 3 rings (SSSR count). The molecule has 1 aromatic carbocycles. The van der Waals surface area contributed by atoms with Crippen LogP contribution in [0.5, 0.6) is 5.75 Å². The number of hydrogen-bond acceptors (Lipinski definition) is 5. The van der Waals surface area contributed by atoms with Crippen molar-refractivity contribution < 1.29 is 9.53 Å². The summed E-state index contributed by atoms with van der Waals surface area (Å²) >= 11 is 0. The molecule has 1 aliphatic heterocycles. The molecule has 1 amide bonds. The van der Waals surface area contributed by atoms with E-state index in [0.717, 1.165) is 49.2 Å². The zero-order valence-electron chi connectivity index (χ0n) is 14.8. The number of hydrogen-bond donors (Lipinski definition) is 2. The van der Waals surface area contributed by atoms with Crippen LogP contribution in [0, 0.1) is 6.92 Å². The topological polar surface area (TPSA) is 81.1 Å². The van der Waals surface area contributed by atoms with Gasteiger partial charge in [0.2, 0.25) is 0 Å². The number of carbonyl (C=O) groups excluding carboxylic acids is 1. The van der Waals surface area contributed by atoms with Gasteiger partial charge in [-0.3, -0.25) is 4.79 Å². The third-order valence-electron chi connectivity index (χ3n) is 4.60. The van der Waals surface area contributed by atoms with Gasteiger partial charge >= 0.3 is 0 Å². The lowest BCUT2D eigenvalue weighted by atomic mass is 10.1. The van der Waals surface area contributed by atoms with E-state index in [9.17, 15) is 4.79 Å². The van der Waals surface area contributed by atoms with E-state index in [0.29, 0.717) is 18.3 Å². The molecule has 0 spiro atoms. The Morgan fingerprint density at radius 2 is 2.20 bits per heavy atom. The van der Waals surface area contributed by atoms with Crippen molar-refractivity contribution in [3.63, 3.8) is 0 Å². The van der Waals surface area contributed by atoms with Gasteiger partial charge < -0.3 is 15.4 Å². The molecule has 1 aromatic heterocycles. The highest BCUT2D eigenvalue weighted by Crippen LogP contribution is 2.19. The average Bonchev–Trinajstić information content (AvgIpc) is 3.14. The number of rotatable bonds is 6. The summed E-state index contributed by atoms with van der Waals surface area (Å²) in [6.45, 7) is 4.51. The van der Waals surface area contributed by atoms with Gasteiger partial charge in [-0.1, -0.05) is 17.3 Å². The maximum Gasteiger partial charge on any atom is 0.273 e. The fourth-order valence-electron chi connectivity index (χ4n) is 3.06. The largest absolute Gasteiger partial charge is 0.496 e. The number of piperidine rings is 1. The SMILES string of the molecule is COc1cc(CCNC(=O)c2cn(C3CCNCC3)nn2)ccc1C. The zero-order valence-corrected chi connectivity index (χ0v) is 14.8. The molecule has 2 N–H and O–H groups in total. The second kappa shape index (κ2) is 8.11. The lowest BCUT2D eigenvalue weighted by molar-refractivity contribution is 0.0949. The van der Waals surface area contributed by atoms with E-state index >= 15 is 0 Å². The molecule has 2 aromatic rings.